The van der Waals surface area contributed by atoms with Crippen LogP contribution in [0, 0.1) is 6.92 Å². The van der Waals surface area contributed by atoms with Gasteiger partial charge in [0.1, 0.15) is 6.04 Å². The van der Waals surface area contributed by atoms with E-state index in [1.165, 1.54) is 7.11 Å². The maximum Gasteiger partial charge on any atom is 0.255 e. The lowest BCUT2D eigenvalue weighted by atomic mass is 9.94. The first-order chi connectivity index (χ1) is 15.9. The second kappa shape index (κ2) is 9.58. The average Bonchev–Trinajstić information content (AvgIpc) is 3.19. The van der Waals surface area contributed by atoms with Crippen LogP contribution in [0.1, 0.15) is 37.4 Å². The summed E-state index contributed by atoms with van der Waals surface area (Å²) in [5.74, 6) is 1.57. The van der Waals surface area contributed by atoms with Crippen molar-refractivity contribution in [3.05, 3.63) is 64.9 Å². The summed E-state index contributed by atoms with van der Waals surface area (Å²) >= 11 is 1.57. The number of phenols is 1. The molecule has 172 valence electrons. The van der Waals surface area contributed by atoms with Crippen molar-refractivity contribution < 1.29 is 14.6 Å². The van der Waals surface area contributed by atoms with E-state index in [0.717, 1.165) is 23.3 Å². The SMILES string of the molecule is CCCSc1nc2n(n1)C(c1ccc(O)c(OC)c1)C(C(=O)Nc1cccc(C)c1)=C(C)N2. The number of aryl methyl sites for hydroxylation is 1. The number of aromatic nitrogens is 3. The Balaban J connectivity index is 1.79. The number of anilines is 2. The monoisotopic (exact) mass is 465 g/mol. The molecular formula is C24H27N5O3S. The number of nitrogens with one attached hydrogen (secondary N) is 2. The normalized spacial score (nSPS) is 15.1. The Morgan fingerprint density at radius 1 is 1.27 bits per heavy atom. The van der Waals surface area contributed by atoms with Gasteiger partial charge >= 0.3 is 0 Å². The molecule has 0 radical (unpaired) electrons. The van der Waals surface area contributed by atoms with E-state index in [4.69, 9.17) is 9.84 Å². The van der Waals surface area contributed by atoms with Crippen molar-refractivity contribution in [3.63, 3.8) is 0 Å². The van der Waals surface area contributed by atoms with E-state index < -0.39 is 6.04 Å². The molecule has 0 saturated carbocycles. The van der Waals surface area contributed by atoms with E-state index in [2.05, 4.69) is 22.5 Å². The van der Waals surface area contributed by atoms with Crippen molar-refractivity contribution >= 4 is 29.3 Å². The number of methoxy groups -OCH3 is 1. The molecule has 1 amide bonds. The van der Waals surface area contributed by atoms with E-state index >= 15 is 0 Å². The third-order valence-electron chi connectivity index (χ3n) is 5.31. The lowest BCUT2D eigenvalue weighted by Crippen LogP contribution is -2.31. The van der Waals surface area contributed by atoms with Gasteiger partial charge in [-0.3, -0.25) is 4.79 Å². The van der Waals surface area contributed by atoms with Crippen LogP contribution in [0.15, 0.2) is 58.9 Å². The molecule has 1 aliphatic rings. The van der Waals surface area contributed by atoms with Gasteiger partial charge in [0, 0.05) is 17.1 Å². The minimum Gasteiger partial charge on any atom is -0.504 e. The fourth-order valence-electron chi connectivity index (χ4n) is 3.77. The van der Waals surface area contributed by atoms with Crippen molar-refractivity contribution in [3.8, 4) is 11.5 Å². The molecule has 2 heterocycles. The zero-order valence-corrected chi connectivity index (χ0v) is 19.9. The molecule has 0 bridgehead atoms. The summed E-state index contributed by atoms with van der Waals surface area (Å²) in [6.07, 6.45) is 1.00. The van der Waals surface area contributed by atoms with Crippen LogP contribution in [-0.4, -0.2) is 38.6 Å². The third kappa shape index (κ3) is 4.68. The third-order valence-corrected chi connectivity index (χ3v) is 6.35. The molecule has 1 unspecified atom stereocenters. The number of allylic oxidation sites excluding steroid dienone is 1. The van der Waals surface area contributed by atoms with Gasteiger partial charge in [-0.2, -0.15) is 4.98 Å². The van der Waals surface area contributed by atoms with Gasteiger partial charge in [0.2, 0.25) is 11.1 Å². The number of aromatic hydroxyl groups is 1. The summed E-state index contributed by atoms with van der Waals surface area (Å²) in [5, 5.41) is 21.7. The highest BCUT2D eigenvalue weighted by Gasteiger charge is 2.35. The van der Waals surface area contributed by atoms with E-state index in [9.17, 15) is 9.90 Å². The number of thioether (sulfide) groups is 1. The zero-order chi connectivity index (χ0) is 23.5. The molecule has 1 aliphatic heterocycles. The smallest absolute Gasteiger partial charge is 0.255 e. The first-order valence-electron chi connectivity index (χ1n) is 10.7. The van der Waals surface area contributed by atoms with E-state index in [-0.39, 0.29) is 11.7 Å². The fraction of sp³-hybridized carbons (Fsp3) is 0.292. The number of ether oxygens (including phenoxy) is 1. The van der Waals surface area contributed by atoms with Crippen LogP contribution in [0.3, 0.4) is 0 Å². The lowest BCUT2D eigenvalue weighted by molar-refractivity contribution is -0.113. The molecule has 0 saturated heterocycles. The summed E-state index contributed by atoms with van der Waals surface area (Å²) in [6, 6.07) is 12.2. The van der Waals surface area contributed by atoms with Gasteiger partial charge < -0.3 is 20.5 Å². The number of rotatable bonds is 7. The first kappa shape index (κ1) is 22.7. The summed E-state index contributed by atoms with van der Waals surface area (Å²) in [6.45, 7) is 5.93. The number of hydrogen-bond donors (Lipinski definition) is 3. The van der Waals surface area contributed by atoms with Crippen LogP contribution in [-0.2, 0) is 4.79 Å². The predicted octanol–water partition coefficient (Wildman–Crippen LogP) is 4.73. The maximum absolute atomic E-state index is 13.5. The molecule has 3 N–H and O–H groups in total. The van der Waals surface area contributed by atoms with Gasteiger partial charge in [-0.15, -0.1) is 5.10 Å². The lowest BCUT2D eigenvalue weighted by Gasteiger charge is -2.29. The molecular weight excluding hydrogens is 438 g/mol. The highest BCUT2D eigenvalue weighted by molar-refractivity contribution is 7.99. The minimum atomic E-state index is -0.552. The molecule has 33 heavy (non-hydrogen) atoms. The van der Waals surface area contributed by atoms with Gasteiger partial charge in [-0.25, -0.2) is 4.68 Å². The van der Waals surface area contributed by atoms with Crippen LogP contribution in [0.4, 0.5) is 11.6 Å². The number of nitrogens with zero attached hydrogens (tertiary/aromatic N) is 3. The Morgan fingerprint density at radius 3 is 2.82 bits per heavy atom. The van der Waals surface area contributed by atoms with Crippen molar-refractivity contribution in [1.82, 2.24) is 14.8 Å². The molecule has 9 heteroatoms. The Bertz CT molecular complexity index is 1220. The van der Waals surface area contributed by atoms with Crippen molar-refractivity contribution in [1.29, 1.82) is 0 Å². The number of hydrogen-bond acceptors (Lipinski definition) is 7. The highest BCUT2D eigenvalue weighted by Crippen LogP contribution is 2.39. The number of fused-ring (bicyclic) bond motifs is 1. The van der Waals surface area contributed by atoms with Gasteiger partial charge in [0.05, 0.1) is 12.7 Å². The van der Waals surface area contributed by atoms with E-state index in [0.29, 0.717) is 33.8 Å². The first-order valence-corrected chi connectivity index (χ1v) is 11.7. The van der Waals surface area contributed by atoms with E-state index in [1.54, 1.807) is 34.6 Å². The quantitative estimate of drug-likeness (QED) is 0.434. The zero-order valence-electron chi connectivity index (χ0n) is 19.0. The topological polar surface area (TPSA) is 101 Å². The molecule has 2 aromatic carbocycles. The number of amides is 1. The Hall–Kier alpha value is -3.46. The van der Waals surface area contributed by atoms with Crippen LogP contribution < -0.4 is 15.4 Å². The van der Waals surface area contributed by atoms with Crippen LogP contribution in [0.5, 0.6) is 11.5 Å². The molecule has 0 aliphatic carbocycles. The molecule has 4 rings (SSSR count). The van der Waals surface area contributed by atoms with Crippen LogP contribution in [0.25, 0.3) is 0 Å². The number of phenolic OH excluding ortho intramolecular Hbond substituents is 1. The second-order valence-electron chi connectivity index (χ2n) is 7.83. The molecule has 1 atom stereocenters. The average molecular weight is 466 g/mol. The fourth-order valence-corrected chi connectivity index (χ4v) is 4.46. The summed E-state index contributed by atoms with van der Waals surface area (Å²) in [5.41, 5.74) is 3.71. The standard InChI is InChI=1S/C24H27N5O3S/c1-5-11-33-24-27-23-25-15(3)20(22(31)26-17-8-6-7-14(2)12-17)21(29(23)28-24)16-9-10-18(30)19(13-16)32-4/h6-10,12-13,21,30H,5,11H2,1-4H3,(H,26,31)(H,25,27,28). The Labute approximate surface area is 197 Å². The van der Waals surface area contributed by atoms with Crippen molar-refractivity contribution in [2.45, 2.75) is 38.4 Å². The summed E-state index contributed by atoms with van der Waals surface area (Å²) in [7, 11) is 1.49. The van der Waals surface area contributed by atoms with Crippen molar-refractivity contribution in [2.75, 3.05) is 23.5 Å². The largest absolute Gasteiger partial charge is 0.504 e. The van der Waals surface area contributed by atoms with Gasteiger partial charge in [-0.05, 0) is 55.7 Å². The van der Waals surface area contributed by atoms with Crippen LogP contribution >= 0.6 is 11.8 Å². The Morgan fingerprint density at radius 2 is 2.09 bits per heavy atom. The minimum absolute atomic E-state index is 0.0275. The van der Waals surface area contributed by atoms with Gasteiger partial charge in [-0.1, -0.05) is 36.9 Å². The predicted molar refractivity (Wildman–Crippen MR) is 130 cm³/mol. The molecule has 3 aromatic rings. The van der Waals surface area contributed by atoms with Gasteiger partial charge in [0.25, 0.3) is 5.91 Å². The molecule has 1 aromatic heterocycles. The number of carbonyl (C=O) groups is 1. The summed E-state index contributed by atoms with van der Waals surface area (Å²) in [4.78, 5) is 18.1. The molecule has 0 fully saturated rings. The Kier molecular flexibility index (Phi) is 6.60. The molecule has 8 nitrogen and oxygen atoms in total. The number of benzene rings is 2. The second-order valence-corrected chi connectivity index (χ2v) is 8.89. The van der Waals surface area contributed by atoms with E-state index in [1.807, 2.05) is 38.1 Å². The van der Waals surface area contributed by atoms with Crippen LogP contribution in [0.2, 0.25) is 0 Å². The summed E-state index contributed by atoms with van der Waals surface area (Å²) < 4.78 is 7.05. The van der Waals surface area contributed by atoms with Gasteiger partial charge in [0.15, 0.2) is 11.5 Å². The number of carbonyl (C=O) groups excluding carboxylic acids is 1. The molecule has 0 spiro atoms. The maximum atomic E-state index is 13.5. The highest BCUT2D eigenvalue weighted by atomic mass is 32.2. The van der Waals surface area contributed by atoms with Crippen molar-refractivity contribution in [2.24, 2.45) is 0 Å².